The molecular weight excluding hydrogens is 190 g/mol. The average molecular weight is 199 g/mol. The summed E-state index contributed by atoms with van der Waals surface area (Å²) >= 11 is 3.81. The summed E-state index contributed by atoms with van der Waals surface area (Å²) in [6.07, 6.45) is 0.297. The van der Waals surface area contributed by atoms with E-state index < -0.39 is 23.0 Å². The van der Waals surface area contributed by atoms with Gasteiger partial charge in [0.2, 0.25) is 0 Å². The molecule has 0 saturated heterocycles. The lowest BCUT2D eigenvalue weighted by Gasteiger charge is -2.04. The normalized spacial score (nSPS) is 13.0. The maximum Gasteiger partial charge on any atom is 0.338 e. The minimum absolute atomic E-state index is 0.297. The molecule has 11 heavy (non-hydrogen) atoms. The molecular formula is C4H9NO4S2. The van der Waals surface area contributed by atoms with E-state index in [4.69, 9.17) is 5.73 Å². The highest BCUT2D eigenvalue weighted by atomic mass is 32.2. The molecule has 0 aromatic carbocycles. The maximum absolute atomic E-state index is 10.6. The summed E-state index contributed by atoms with van der Waals surface area (Å²) in [7, 11) is -3.14. The Labute approximate surface area is 71.5 Å². The van der Waals surface area contributed by atoms with Crippen LogP contribution < -0.4 is 5.73 Å². The molecule has 66 valence electrons. The average Bonchev–Trinajstić information content (AvgIpc) is 1.86. The molecule has 0 rings (SSSR count). The van der Waals surface area contributed by atoms with Gasteiger partial charge in [-0.25, -0.2) is 4.79 Å². The highest BCUT2D eigenvalue weighted by Crippen LogP contribution is 1.93. The molecule has 0 aliphatic carbocycles. The quantitative estimate of drug-likeness (QED) is 0.490. The lowest BCUT2D eigenvalue weighted by molar-refractivity contribution is -0.135. The minimum Gasteiger partial charge on any atom is -0.346 e. The highest BCUT2D eigenvalue weighted by molar-refractivity contribution is 7.80. The lowest BCUT2D eigenvalue weighted by Crippen LogP contribution is -2.32. The predicted molar refractivity (Wildman–Crippen MR) is 42.9 cm³/mol. The number of hydrogen-bond donors (Lipinski definition) is 3. The van der Waals surface area contributed by atoms with Crippen molar-refractivity contribution in [2.45, 2.75) is 12.5 Å². The van der Waals surface area contributed by atoms with Crippen molar-refractivity contribution < 1.29 is 17.4 Å². The van der Waals surface area contributed by atoms with Crippen LogP contribution in [0.15, 0.2) is 0 Å². The molecule has 0 fully saturated rings. The monoisotopic (exact) mass is 199 g/mol. The first-order chi connectivity index (χ1) is 5.07. The third kappa shape index (κ3) is 5.05. The smallest absolute Gasteiger partial charge is 0.338 e. The van der Waals surface area contributed by atoms with Gasteiger partial charge in [-0.1, -0.05) is 0 Å². The summed E-state index contributed by atoms with van der Waals surface area (Å²) in [6.45, 7) is 0. The van der Waals surface area contributed by atoms with Crippen LogP contribution in [0.1, 0.15) is 6.42 Å². The van der Waals surface area contributed by atoms with Crippen LogP contribution in [0.5, 0.6) is 0 Å². The van der Waals surface area contributed by atoms with Crippen molar-refractivity contribution in [3.63, 3.8) is 0 Å². The van der Waals surface area contributed by atoms with Crippen LogP contribution in [0, 0.1) is 0 Å². The van der Waals surface area contributed by atoms with Crippen molar-refractivity contribution in [1.82, 2.24) is 0 Å². The Bertz CT molecular complexity index is 194. The second-order valence-electron chi connectivity index (χ2n) is 1.75. The summed E-state index contributed by atoms with van der Waals surface area (Å²) < 4.78 is 23.5. The third-order valence-corrected chi connectivity index (χ3v) is 1.49. The van der Waals surface area contributed by atoms with Crippen LogP contribution >= 0.6 is 12.6 Å². The van der Waals surface area contributed by atoms with Gasteiger partial charge in [-0.15, -0.1) is 0 Å². The molecule has 0 unspecified atom stereocenters. The number of nitrogens with two attached hydrogens (primary N) is 1. The first kappa shape index (κ1) is 10.7. The first-order valence-corrected chi connectivity index (χ1v) is 4.53. The summed E-state index contributed by atoms with van der Waals surface area (Å²) in [5.41, 5.74) is 5.19. The zero-order valence-electron chi connectivity index (χ0n) is 5.60. The summed E-state index contributed by atoms with van der Waals surface area (Å²) in [6, 6.07) is -0.902. The van der Waals surface area contributed by atoms with Gasteiger partial charge in [-0.2, -0.15) is 21.0 Å². The molecule has 7 heteroatoms. The molecule has 2 N–H and O–H groups in total. The van der Waals surface area contributed by atoms with Gasteiger partial charge in [0, 0.05) is 0 Å². The zero-order chi connectivity index (χ0) is 8.85. The molecule has 0 aliphatic heterocycles. The van der Waals surface area contributed by atoms with Crippen molar-refractivity contribution in [3.05, 3.63) is 0 Å². The second-order valence-corrected chi connectivity index (χ2v) is 2.83. The van der Waals surface area contributed by atoms with Crippen LogP contribution in [0.2, 0.25) is 0 Å². The molecule has 1 atom stereocenters. The van der Waals surface area contributed by atoms with Crippen LogP contribution in [-0.4, -0.2) is 26.2 Å². The van der Waals surface area contributed by atoms with Crippen molar-refractivity contribution in [2.24, 2.45) is 5.73 Å². The fraction of sp³-hybridized carbons (Fsp3) is 0.750. The lowest BCUT2D eigenvalue weighted by atomic mass is 10.2. The number of rotatable bonds is 4. The van der Waals surface area contributed by atoms with Crippen molar-refractivity contribution in [2.75, 3.05) is 5.75 Å². The number of thiol groups is 2. The minimum atomic E-state index is -3.14. The van der Waals surface area contributed by atoms with E-state index in [1.54, 1.807) is 0 Å². The van der Waals surface area contributed by atoms with Gasteiger partial charge >= 0.3 is 17.0 Å². The summed E-state index contributed by atoms with van der Waals surface area (Å²) in [5.74, 6) is -0.526. The van der Waals surface area contributed by atoms with Gasteiger partial charge in [-0.3, -0.25) is 0 Å². The summed E-state index contributed by atoms with van der Waals surface area (Å²) in [4.78, 5) is 10.6. The van der Waals surface area contributed by atoms with Crippen molar-refractivity contribution in [3.8, 4) is 0 Å². The predicted octanol–water partition coefficient (Wildman–Crippen LogP) is -1.30. The maximum atomic E-state index is 10.6. The molecule has 0 bridgehead atoms. The zero-order valence-corrected chi connectivity index (χ0v) is 7.39. The molecule has 0 amide bonds. The van der Waals surface area contributed by atoms with Crippen molar-refractivity contribution in [1.29, 1.82) is 0 Å². The third-order valence-electron chi connectivity index (χ3n) is 0.907. The van der Waals surface area contributed by atoms with Crippen LogP contribution in [0.4, 0.5) is 0 Å². The Kier molecular flexibility index (Phi) is 5.26. The molecule has 0 aromatic rings. The fourth-order valence-electron chi connectivity index (χ4n) is 0.398. The molecule has 0 heterocycles. The Morgan fingerprint density at radius 3 is 2.55 bits per heavy atom. The fourth-order valence-corrected chi connectivity index (χ4v) is 0.959. The molecule has 0 radical (unpaired) electrons. The van der Waals surface area contributed by atoms with Gasteiger partial charge in [-0.05, 0) is 12.2 Å². The molecule has 0 aromatic heterocycles. The Balaban J connectivity index is 3.82. The van der Waals surface area contributed by atoms with Gasteiger partial charge in [0.1, 0.15) is 6.04 Å². The van der Waals surface area contributed by atoms with Gasteiger partial charge < -0.3 is 9.92 Å². The van der Waals surface area contributed by atoms with E-state index in [2.05, 4.69) is 16.8 Å². The van der Waals surface area contributed by atoms with Crippen LogP contribution in [0.3, 0.4) is 0 Å². The van der Waals surface area contributed by atoms with E-state index in [0.29, 0.717) is 12.2 Å². The molecule has 0 aliphatic rings. The topological polar surface area (TPSA) is 86.5 Å². The highest BCUT2D eigenvalue weighted by Gasteiger charge is 2.14. The summed E-state index contributed by atoms with van der Waals surface area (Å²) in [5, 5.41) is 0. The second kappa shape index (κ2) is 5.39. The van der Waals surface area contributed by atoms with Gasteiger partial charge in [0.15, 0.2) is 0 Å². The SMILES string of the molecule is N[C@@H](CCS)C(=O)O[SH](=O)=O. The van der Waals surface area contributed by atoms with E-state index in [-0.39, 0.29) is 0 Å². The number of carbonyl (C=O) groups excluding carboxylic acids is 1. The van der Waals surface area contributed by atoms with Gasteiger partial charge in [0.05, 0.1) is 0 Å². The first-order valence-electron chi connectivity index (χ1n) is 2.80. The Morgan fingerprint density at radius 2 is 2.18 bits per heavy atom. The van der Waals surface area contributed by atoms with E-state index >= 15 is 0 Å². The van der Waals surface area contributed by atoms with Crippen molar-refractivity contribution >= 4 is 29.6 Å². The van der Waals surface area contributed by atoms with Gasteiger partial charge in [0.25, 0.3) is 0 Å². The molecule has 5 nitrogen and oxygen atoms in total. The van der Waals surface area contributed by atoms with E-state index in [1.807, 2.05) is 0 Å². The standard InChI is InChI=1S/C4H9NO4S2/c5-3(1-2-10)4(6)9-11(7)8/h3,10-11H,1-2,5H2/t3-/m0/s1. The van der Waals surface area contributed by atoms with E-state index in [1.165, 1.54) is 0 Å². The number of hydrogen-bond acceptors (Lipinski definition) is 6. The molecule has 0 saturated carbocycles. The van der Waals surface area contributed by atoms with Crippen LogP contribution in [0.25, 0.3) is 0 Å². The largest absolute Gasteiger partial charge is 0.346 e. The van der Waals surface area contributed by atoms with E-state index in [0.717, 1.165) is 0 Å². The molecule has 0 spiro atoms. The van der Waals surface area contributed by atoms with E-state index in [9.17, 15) is 13.2 Å². The Hall–Kier alpha value is -0.270. The Morgan fingerprint density at radius 1 is 1.64 bits per heavy atom. The van der Waals surface area contributed by atoms with Crippen LogP contribution in [-0.2, 0) is 20.0 Å². The number of carbonyl (C=O) groups is 1.